The zero-order chi connectivity index (χ0) is 15.4. The Hall–Kier alpha value is -1.59. The van der Waals surface area contributed by atoms with Crippen LogP contribution in [-0.2, 0) is 0 Å². The Morgan fingerprint density at radius 1 is 1.29 bits per heavy atom. The van der Waals surface area contributed by atoms with E-state index in [0.717, 1.165) is 0 Å². The predicted octanol–water partition coefficient (Wildman–Crippen LogP) is 4.51. The van der Waals surface area contributed by atoms with E-state index in [1.165, 1.54) is 25.3 Å². The fourth-order valence-electron chi connectivity index (χ4n) is 1.68. The number of ether oxygens (including phenoxy) is 2. The van der Waals surface area contributed by atoms with E-state index >= 15 is 0 Å². The van der Waals surface area contributed by atoms with Crippen LogP contribution >= 0.6 is 27.5 Å². The van der Waals surface area contributed by atoms with Crippen molar-refractivity contribution in [3.63, 3.8) is 0 Å². The molecular weight excluding hydrogens is 363 g/mol. The first-order valence-electron chi connectivity index (χ1n) is 5.95. The summed E-state index contributed by atoms with van der Waals surface area (Å²) in [5.74, 6) is 0.0530. The SMILES string of the molecule is COc1ccc(C(=O)COc2cc(F)cc(Br)c2)cc1Cl. The predicted molar refractivity (Wildman–Crippen MR) is 81.9 cm³/mol. The molecule has 0 fully saturated rings. The molecule has 6 heteroatoms. The third-order valence-electron chi connectivity index (χ3n) is 2.68. The number of hydrogen-bond acceptors (Lipinski definition) is 3. The second-order valence-corrected chi connectivity index (χ2v) is 5.49. The number of rotatable bonds is 5. The molecule has 0 unspecified atom stereocenters. The third-order valence-corrected chi connectivity index (χ3v) is 3.43. The van der Waals surface area contributed by atoms with E-state index in [-0.39, 0.29) is 18.1 Å². The summed E-state index contributed by atoms with van der Waals surface area (Å²) >= 11 is 9.11. The van der Waals surface area contributed by atoms with Gasteiger partial charge in [-0.05, 0) is 30.3 Å². The molecule has 2 aromatic rings. The second kappa shape index (κ2) is 6.91. The van der Waals surface area contributed by atoms with Gasteiger partial charge in [0, 0.05) is 16.1 Å². The molecule has 0 spiro atoms. The number of halogens is 3. The van der Waals surface area contributed by atoms with Crippen LogP contribution in [0.3, 0.4) is 0 Å². The highest BCUT2D eigenvalue weighted by Crippen LogP contribution is 2.25. The summed E-state index contributed by atoms with van der Waals surface area (Å²) in [4.78, 5) is 12.0. The number of carbonyl (C=O) groups is 1. The van der Waals surface area contributed by atoms with Gasteiger partial charge in [0.15, 0.2) is 12.4 Å². The smallest absolute Gasteiger partial charge is 0.200 e. The Kier molecular flexibility index (Phi) is 5.20. The fraction of sp³-hybridized carbons (Fsp3) is 0.133. The van der Waals surface area contributed by atoms with Gasteiger partial charge in [0.25, 0.3) is 0 Å². The van der Waals surface area contributed by atoms with Crippen LogP contribution in [0.1, 0.15) is 10.4 Å². The van der Waals surface area contributed by atoms with Crippen LogP contribution in [0.15, 0.2) is 40.9 Å². The van der Waals surface area contributed by atoms with E-state index < -0.39 is 5.82 Å². The highest BCUT2D eigenvalue weighted by atomic mass is 79.9. The molecule has 2 rings (SSSR count). The van der Waals surface area contributed by atoms with Crippen molar-refractivity contribution in [1.82, 2.24) is 0 Å². The summed E-state index contributed by atoms with van der Waals surface area (Å²) in [7, 11) is 1.49. The first-order chi connectivity index (χ1) is 9.99. The minimum atomic E-state index is -0.445. The monoisotopic (exact) mass is 372 g/mol. The maximum absolute atomic E-state index is 13.2. The highest BCUT2D eigenvalue weighted by molar-refractivity contribution is 9.10. The number of methoxy groups -OCH3 is 1. The summed E-state index contributed by atoms with van der Waals surface area (Å²) in [5.41, 5.74) is 0.399. The quantitative estimate of drug-likeness (QED) is 0.723. The Morgan fingerprint density at radius 2 is 2.05 bits per heavy atom. The van der Waals surface area contributed by atoms with Crippen molar-refractivity contribution in [3.05, 3.63) is 57.3 Å². The Balaban J connectivity index is 2.06. The molecule has 0 heterocycles. The van der Waals surface area contributed by atoms with Gasteiger partial charge in [-0.1, -0.05) is 27.5 Å². The largest absolute Gasteiger partial charge is 0.495 e. The van der Waals surface area contributed by atoms with Crippen molar-refractivity contribution in [2.75, 3.05) is 13.7 Å². The molecule has 0 aliphatic heterocycles. The lowest BCUT2D eigenvalue weighted by molar-refractivity contribution is 0.0921. The van der Waals surface area contributed by atoms with E-state index in [0.29, 0.717) is 20.8 Å². The molecule has 2 aromatic carbocycles. The maximum atomic E-state index is 13.2. The summed E-state index contributed by atoms with van der Waals surface area (Å²) in [6, 6.07) is 8.80. The summed E-state index contributed by atoms with van der Waals surface area (Å²) in [5, 5.41) is 0.344. The molecule has 0 radical (unpaired) electrons. The van der Waals surface area contributed by atoms with Gasteiger partial charge in [-0.15, -0.1) is 0 Å². The normalized spacial score (nSPS) is 10.3. The van der Waals surface area contributed by atoms with E-state index in [1.807, 2.05) is 0 Å². The van der Waals surface area contributed by atoms with Crippen LogP contribution in [0.25, 0.3) is 0 Å². The first kappa shape index (κ1) is 15.8. The molecule has 0 N–H and O–H groups in total. The third kappa shape index (κ3) is 4.19. The van der Waals surface area contributed by atoms with Crippen molar-refractivity contribution in [2.45, 2.75) is 0 Å². The molecule has 21 heavy (non-hydrogen) atoms. The first-order valence-corrected chi connectivity index (χ1v) is 7.12. The van der Waals surface area contributed by atoms with Crippen LogP contribution < -0.4 is 9.47 Å². The van der Waals surface area contributed by atoms with E-state index in [9.17, 15) is 9.18 Å². The van der Waals surface area contributed by atoms with Crippen LogP contribution in [0.4, 0.5) is 4.39 Å². The Morgan fingerprint density at radius 3 is 2.67 bits per heavy atom. The number of ketones is 1. The molecule has 0 aliphatic rings. The molecule has 3 nitrogen and oxygen atoms in total. The fourth-order valence-corrected chi connectivity index (χ4v) is 2.39. The van der Waals surface area contributed by atoms with E-state index in [4.69, 9.17) is 21.1 Å². The van der Waals surface area contributed by atoms with E-state index in [1.54, 1.807) is 18.2 Å². The zero-order valence-electron chi connectivity index (χ0n) is 11.0. The van der Waals surface area contributed by atoms with Gasteiger partial charge in [-0.3, -0.25) is 4.79 Å². The van der Waals surface area contributed by atoms with Crippen molar-refractivity contribution in [1.29, 1.82) is 0 Å². The number of hydrogen-bond donors (Lipinski definition) is 0. The van der Waals surface area contributed by atoms with Crippen LogP contribution in [0.2, 0.25) is 5.02 Å². The lowest BCUT2D eigenvalue weighted by atomic mass is 10.1. The summed E-state index contributed by atoms with van der Waals surface area (Å²) in [6.45, 7) is -0.210. The van der Waals surface area contributed by atoms with Crippen LogP contribution in [0.5, 0.6) is 11.5 Å². The molecule has 0 amide bonds. The van der Waals surface area contributed by atoms with E-state index in [2.05, 4.69) is 15.9 Å². The number of Topliss-reactive ketones (excluding diaryl/α,β-unsaturated/α-hetero) is 1. The van der Waals surface area contributed by atoms with Gasteiger partial charge in [-0.25, -0.2) is 4.39 Å². The minimum absolute atomic E-state index is 0.210. The number of benzene rings is 2. The van der Waals surface area contributed by atoms with Gasteiger partial charge in [-0.2, -0.15) is 0 Å². The topological polar surface area (TPSA) is 35.5 Å². The Bertz CT molecular complexity index is 656. The van der Waals surface area contributed by atoms with Crippen LogP contribution in [0, 0.1) is 5.82 Å². The zero-order valence-corrected chi connectivity index (χ0v) is 13.4. The molecule has 0 aromatic heterocycles. The van der Waals surface area contributed by atoms with Crippen molar-refractivity contribution >= 4 is 33.3 Å². The molecule has 0 aliphatic carbocycles. The molecular formula is C15H11BrClFO3. The van der Waals surface area contributed by atoms with Gasteiger partial charge < -0.3 is 9.47 Å². The summed E-state index contributed by atoms with van der Waals surface area (Å²) in [6.07, 6.45) is 0. The van der Waals surface area contributed by atoms with Crippen molar-refractivity contribution < 1.29 is 18.7 Å². The van der Waals surface area contributed by atoms with Gasteiger partial charge >= 0.3 is 0 Å². The average molecular weight is 374 g/mol. The minimum Gasteiger partial charge on any atom is -0.495 e. The van der Waals surface area contributed by atoms with Crippen LogP contribution in [-0.4, -0.2) is 19.5 Å². The standard InChI is InChI=1S/C15H11BrClFO3/c1-20-15-3-2-9(4-13(15)17)14(19)8-21-12-6-10(16)5-11(18)7-12/h2-7H,8H2,1H3. The molecule has 0 saturated heterocycles. The molecule has 0 bridgehead atoms. The maximum Gasteiger partial charge on any atom is 0.200 e. The average Bonchev–Trinajstić information content (AvgIpc) is 2.43. The second-order valence-electron chi connectivity index (χ2n) is 4.17. The van der Waals surface area contributed by atoms with Crippen molar-refractivity contribution in [3.8, 4) is 11.5 Å². The molecule has 110 valence electrons. The van der Waals surface area contributed by atoms with Gasteiger partial charge in [0.1, 0.15) is 17.3 Å². The lowest BCUT2D eigenvalue weighted by Gasteiger charge is -2.08. The number of carbonyl (C=O) groups excluding carboxylic acids is 1. The molecule has 0 saturated carbocycles. The Labute approximate surface area is 134 Å². The molecule has 0 atom stereocenters. The lowest BCUT2D eigenvalue weighted by Crippen LogP contribution is -2.11. The van der Waals surface area contributed by atoms with Gasteiger partial charge in [0.05, 0.1) is 12.1 Å². The van der Waals surface area contributed by atoms with Gasteiger partial charge in [0.2, 0.25) is 0 Å². The summed E-state index contributed by atoms with van der Waals surface area (Å²) < 4.78 is 24.0. The van der Waals surface area contributed by atoms with Crippen molar-refractivity contribution in [2.24, 2.45) is 0 Å². The highest BCUT2D eigenvalue weighted by Gasteiger charge is 2.10.